The van der Waals surface area contributed by atoms with Gasteiger partial charge in [0.05, 0.1) is 17.1 Å². The molecule has 0 spiro atoms. The van der Waals surface area contributed by atoms with Gasteiger partial charge in [0, 0.05) is 17.7 Å². The van der Waals surface area contributed by atoms with Crippen molar-refractivity contribution in [1.82, 2.24) is 0 Å². The first kappa shape index (κ1) is 15.8. The van der Waals surface area contributed by atoms with Crippen LogP contribution >= 0.6 is 0 Å². The maximum atomic E-state index is 12.9. The van der Waals surface area contributed by atoms with Gasteiger partial charge in [0.25, 0.3) is 5.69 Å². The summed E-state index contributed by atoms with van der Waals surface area (Å²) in [6.45, 7) is -0.606. The molecule has 0 radical (unpaired) electrons. The van der Waals surface area contributed by atoms with Crippen molar-refractivity contribution in [2.75, 3.05) is 0 Å². The Bertz CT molecular complexity index is 701. The minimum Gasteiger partial charge on any atom is -0.456 e. The van der Waals surface area contributed by atoms with Gasteiger partial charge in [-0.3, -0.25) is 10.1 Å². The molecule has 0 aliphatic carbocycles. The summed E-state index contributed by atoms with van der Waals surface area (Å²) in [6, 6.07) is 7.87. The van der Waals surface area contributed by atoms with Gasteiger partial charge in [-0.25, -0.2) is 0 Å². The van der Waals surface area contributed by atoms with Crippen LogP contribution in [-0.2, 0) is 12.8 Å². The highest BCUT2D eigenvalue weighted by atomic mass is 19.4. The molecule has 116 valence electrons. The highest BCUT2D eigenvalue weighted by Gasteiger charge is 2.34. The molecule has 0 atom stereocenters. The first-order valence-electron chi connectivity index (χ1n) is 6.05. The van der Waals surface area contributed by atoms with Crippen LogP contribution in [0.3, 0.4) is 0 Å². The largest absolute Gasteiger partial charge is 0.456 e. The van der Waals surface area contributed by atoms with Crippen LogP contribution in [0.2, 0.25) is 0 Å². The van der Waals surface area contributed by atoms with Crippen molar-refractivity contribution in [3.8, 4) is 11.5 Å². The fourth-order valence-electron chi connectivity index (χ4n) is 1.81. The summed E-state index contributed by atoms with van der Waals surface area (Å²) in [5.41, 5.74) is -1.25. The first-order chi connectivity index (χ1) is 10.3. The zero-order chi connectivity index (χ0) is 16.3. The number of halogens is 3. The number of hydrogen-bond donors (Lipinski definition) is 1. The van der Waals surface area contributed by atoms with Crippen LogP contribution in [0.5, 0.6) is 11.5 Å². The summed E-state index contributed by atoms with van der Waals surface area (Å²) in [5.74, 6) is -0.525. The fraction of sp³-hybridized carbons (Fsp3) is 0.143. The van der Waals surface area contributed by atoms with Crippen molar-refractivity contribution in [3.05, 3.63) is 63.7 Å². The molecule has 0 saturated carbocycles. The lowest BCUT2D eigenvalue weighted by Gasteiger charge is -2.15. The maximum Gasteiger partial charge on any atom is 0.419 e. The second-order valence-corrected chi connectivity index (χ2v) is 4.30. The number of benzene rings is 2. The first-order valence-corrected chi connectivity index (χ1v) is 6.05. The van der Waals surface area contributed by atoms with Gasteiger partial charge in [-0.2, -0.15) is 13.2 Å². The monoisotopic (exact) mass is 313 g/mol. The minimum atomic E-state index is -4.60. The summed E-state index contributed by atoms with van der Waals surface area (Å²) in [6.07, 6.45) is -4.60. The molecule has 2 aromatic carbocycles. The van der Waals surface area contributed by atoms with Crippen LogP contribution in [0.15, 0.2) is 42.5 Å². The number of ether oxygens (including phenoxy) is 1. The highest BCUT2D eigenvalue weighted by molar-refractivity contribution is 5.47. The lowest BCUT2D eigenvalue weighted by Crippen LogP contribution is -2.07. The Kier molecular flexibility index (Phi) is 4.32. The third kappa shape index (κ3) is 3.34. The van der Waals surface area contributed by atoms with Crippen molar-refractivity contribution >= 4 is 5.69 Å². The van der Waals surface area contributed by atoms with Gasteiger partial charge in [0.15, 0.2) is 0 Å². The number of non-ortho nitro benzene ring substituents is 1. The van der Waals surface area contributed by atoms with Crippen LogP contribution in [-0.4, -0.2) is 10.0 Å². The molecule has 0 saturated heterocycles. The topological polar surface area (TPSA) is 72.6 Å². The molecular formula is C14H10F3NO4. The highest BCUT2D eigenvalue weighted by Crippen LogP contribution is 2.39. The van der Waals surface area contributed by atoms with E-state index in [4.69, 9.17) is 4.74 Å². The van der Waals surface area contributed by atoms with E-state index >= 15 is 0 Å². The maximum absolute atomic E-state index is 12.9. The molecule has 0 fully saturated rings. The Hall–Kier alpha value is -2.61. The van der Waals surface area contributed by atoms with Crippen LogP contribution < -0.4 is 4.74 Å². The fourth-order valence-corrected chi connectivity index (χ4v) is 1.81. The van der Waals surface area contributed by atoms with Gasteiger partial charge in [0.2, 0.25) is 0 Å². The molecule has 0 amide bonds. The van der Waals surface area contributed by atoms with Gasteiger partial charge in [0.1, 0.15) is 11.5 Å². The second-order valence-electron chi connectivity index (χ2n) is 4.30. The van der Waals surface area contributed by atoms with Crippen molar-refractivity contribution < 1.29 is 27.9 Å². The van der Waals surface area contributed by atoms with Gasteiger partial charge in [-0.15, -0.1) is 0 Å². The molecule has 8 heteroatoms. The smallest absolute Gasteiger partial charge is 0.419 e. The van der Waals surface area contributed by atoms with E-state index in [1.165, 1.54) is 12.1 Å². The third-order valence-electron chi connectivity index (χ3n) is 2.84. The molecule has 1 N–H and O–H groups in total. The summed E-state index contributed by atoms with van der Waals surface area (Å²) in [4.78, 5) is 9.98. The number of aliphatic hydroxyl groups excluding tert-OH is 1. The van der Waals surface area contributed by atoms with Gasteiger partial charge >= 0.3 is 6.18 Å². The van der Waals surface area contributed by atoms with Gasteiger partial charge in [-0.1, -0.05) is 12.1 Å². The van der Waals surface area contributed by atoms with Gasteiger partial charge < -0.3 is 9.84 Å². The van der Waals surface area contributed by atoms with Crippen LogP contribution in [0.25, 0.3) is 0 Å². The summed E-state index contributed by atoms with van der Waals surface area (Å²) in [5, 5.41) is 19.9. The van der Waals surface area contributed by atoms with Crippen molar-refractivity contribution in [3.63, 3.8) is 0 Å². The molecule has 0 unspecified atom stereocenters. The number of nitro groups is 1. The summed E-state index contributed by atoms with van der Waals surface area (Å²) < 4.78 is 43.8. The average Bonchev–Trinajstić information content (AvgIpc) is 2.47. The van der Waals surface area contributed by atoms with E-state index < -0.39 is 29.0 Å². The van der Waals surface area contributed by atoms with Crippen molar-refractivity contribution in [2.45, 2.75) is 12.8 Å². The minimum absolute atomic E-state index is 0.0196. The number of rotatable bonds is 4. The molecule has 0 bridgehead atoms. The van der Waals surface area contributed by atoms with E-state index in [0.717, 1.165) is 30.3 Å². The molecular weight excluding hydrogens is 303 g/mol. The normalized spacial score (nSPS) is 11.3. The molecule has 0 aliphatic rings. The Balaban J connectivity index is 2.42. The lowest BCUT2D eigenvalue weighted by atomic mass is 10.1. The third-order valence-corrected chi connectivity index (χ3v) is 2.84. The van der Waals surface area contributed by atoms with E-state index in [9.17, 15) is 28.4 Å². The number of nitrogens with zero attached hydrogens (tertiary/aromatic N) is 1. The SMILES string of the molecule is O=[N+]([O-])c1ccc(Oc2ccccc2C(F)(F)F)c(CO)c1. The summed E-state index contributed by atoms with van der Waals surface area (Å²) >= 11 is 0. The van der Waals surface area contributed by atoms with Gasteiger partial charge in [-0.05, 0) is 18.2 Å². The van der Waals surface area contributed by atoms with Crippen LogP contribution in [0.1, 0.15) is 11.1 Å². The Morgan fingerprint density at radius 1 is 1.14 bits per heavy atom. The van der Waals surface area contributed by atoms with E-state index in [1.807, 2.05) is 0 Å². The zero-order valence-electron chi connectivity index (χ0n) is 11.0. The number of alkyl halides is 3. The number of aliphatic hydroxyl groups is 1. The Labute approximate surface area is 122 Å². The molecule has 0 heterocycles. The zero-order valence-corrected chi connectivity index (χ0v) is 11.0. The molecule has 0 aliphatic heterocycles. The molecule has 2 aromatic rings. The predicted molar refractivity (Wildman–Crippen MR) is 70.5 cm³/mol. The Morgan fingerprint density at radius 2 is 1.82 bits per heavy atom. The number of hydrogen-bond acceptors (Lipinski definition) is 4. The van der Waals surface area contributed by atoms with E-state index in [1.54, 1.807) is 0 Å². The lowest BCUT2D eigenvalue weighted by molar-refractivity contribution is -0.385. The van der Waals surface area contributed by atoms with Crippen LogP contribution in [0.4, 0.5) is 18.9 Å². The molecule has 5 nitrogen and oxygen atoms in total. The molecule has 0 aromatic heterocycles. The molecule has 2 rings (SSSR count). The van der Waals surface area contributed by atoms with E-state index in [-0.39, 0.29) is 17.0 Å². The van der Waals surface area contributed by atoms with Crippen molar-refractivity contribution in [2.24, 2.45) is 0 Å². The van der Waals surface area contributed by atoms with Crippen LogP contribution in [0, 0.1) is 10.1 Å². The standard InChI is InChI=1S/C14H10F3NO4/c15-14(16,17)11-3-1-2-4-13(11)22-12-6-5-10(18(20)21)7-9(12)8-19/h1-7,19H,8H2. The number of para-hydroxylation sites is 1. The van der Waals surface area contributed by atoms with Crippen molar-refractivity contribution in [1.29, 1.82) is 0 Å². The van der Waals surface area contributed by atoms with E-state index in [0.29, 0.717) is 0 Å². The van der Waals surface area contributed by atoms with E-state index in [2.05, 4.69) is 0 Å². The quantitative estimate of drug-likeness (QED) is 0.686. The second kappa shape index (κ2) is 6.02. The average molecular weight is 313 g/mol. The number of nitro benzene ring substituents is 1. The summed E-state index contributed by atoms with van der Waals surface area (Å²) in [7, 11) is 0. The Morgan fingerprint density at radius 3 is 2.41 bits per heavy atom. The molecule has 22 heavy (non-hydrogen) atoms. The predicted octanol–water partition coefficient (Wildman–Crippen LogP) is 3.90.